The zero-order valence-corrected chi connectivity index (χ0v) is 11.8. The van der Waals surface area contributed by atoms with Gasteiger partial charge in [0, 0.05) is 18.9 Å². The lowest BCUT2D eigenvalue weighted by Crippen LogP contribution is -2.45. The largest absolute Gasteiger partial charge is 0.388 e. The fourth-order valence-electron chi connectivity index (χ4n) is 2.36. The Hall–Kier alpha value is -1.13. The molecular weight excluding hydrogens is 264 g/mol. The van der Waals surface area contributed by atoms with Crippen molar-refractivity contribution >= 4 is 17.5 Å². The quantitative estimate of drug-likeness (QED) is 0.895. The fourth-order valence-corrected chi connectivity index (χ4v) is 2.55. The van der Waals surface area contributed by atoms with E-state index in [9.17, 15) is 9.90 Å². The third-order valence-corrected chi connectivity index (χ3v) is 4.13. The van der Waals surface area contributed by atoms with E-state index in [0.29, 0.717) is 16.5 Å². The number of carbonyl (C=O) groups is 1. The van der Waals surface area contributed by atoms with Gasteiger partial charge in [0.25, 0.3) is 5.91 Å². The molecule has 1 aromatic heterocycles. The van der Waals surface area contributed by atoms with E-state index in [1.165, 1.54) is 12.4 Å². The van der Waals surface area contributed by atoms with Gasteiger partial charge in [-0.05, 0) is 37.7 Å². The van der Waals surface area contributed by atoms with E-state index in [1.54, 1.807) is 6.07 Å². The first-order valence-electron chi connectivity index (χ1n) is 6.60. The number of amides is 1. The number of nitrogens with one attached hydrogen (secondary N) is 1. The highest BCUT2D eigenvalue weighted by Crippen LogP contribution is 2.31. The molecule has 2 rings (SSSR count). The molecule has 1 aliphatic rings. The molecule has 19 heavy (non-hydrogen) atoms. The van der Waals surface area contributed by atoms with E-state index in [0.717, 1.165) is 25.7 Å². The highest BCUT2D eigenvalue weighted by molar-refractivity contribution is 6.33. The van der Waals surface area contributed by atoms with Crippen LogP contribution >= 0.6 is 11.6 Å². The SMILES string of the molecule is CC1CCC(O)(CNC(=O)c2cnccc2Cl)CC1. The van der Waals surface area contributed by atoms with Crippen LogP contribution in [0.15, 0.2) is 18.5 Å². The smallest absolute Gasteiger partial charge is 0.254 e. The first-order chi connectivity index (χ1) is 9.00. The molecule has 0 aromatic carbocycles. The molecule has 5 heteroatoms. The summed E-state index contributed by atoms with van der Waals surface area (Å²) in [7, 11) is 0. The molecule has 0 saturated heterocycles. The van der Waals surface area contributed by atoms with Crippen molar-refractivity contribution in [1.29, 1.82) is 0 Å². The number of pyridine rings is 1. The number of hydrogen-bond donors (Lipinski definition) is 2. The minimum atomic E-state index is -0.781. The molecule has 1 amide bonds. The van der Waals surface area contributed by atoms with E-state index in [4.69, 9.17) is 11.6 Å². The van der Waals surface area contributed by atoms with Gasteiger partial charge in [-0.15, -0.1) is 0 Å². The van der Waals surface area contributed by atoms with Crippen molar-refractivity contribution < 1.29 is 9.90 Å². The van der Waals surface area contributed by atoms with Crippen LogP contribution in [0.5, 0.6) is 0 Å². The lowest BCUT2D eigenvalue weighted by Gasteiger charge is -2.34. The van der Waals surface area contributed by atoms with Gasteiger partial charge >= 0.3 is 0 Å². The number of aromatic nitrogens is 1. The average Bonchev–Trinajstić information content (AvgIpc) is 2.41. The number of rotatable bonds is 3. The molecule has 0 bridgehead atoms. The summed E-state index contributed by atoms with van der Waals surface area (Å²) in [4.78, 5) is 15.8. The van der Waals surface area contributed by atoms with Crippen molar-refractivity contribution in [2.45, 2.75) is 38.2 Å². The third-order valence-electron chi connectivity index (χ3n) is 3.80. The molecule has 1 aromatic rings. The molecule has 1 saturated carbocycles. The van der Waals surface area contributed by atoms with Gasteiger partial charge < -0.3 is 10.4 Å². The van der Waals surface area contributed by atoms with Gasteiger partial charge in [0.15, 0.2) is 0 Å². The van der Waals surface area contributed by atoms with Gasteiger partial charge in [-0.2, -0.15) is 0 Å². The monoisotopic (exact) mass is 282 g/mol. The molecule has 0 aliphatic heterocycles. The second-order valence-electron chi connectivity index (χ2n) is 5.45. The van der Waals surface area contributed by atoms with Crippen LogP contribution in [0.1, 0.15) is 43.0 Å². The number of carbonyl (C=O) groups excluding carboxylic acids is 1. The van der Waals surface area contributed by atoms with Crippen molar-refractivity contribution in [1.82, 2.24) is 10.3 Å². The molecule has 104 valence electrons. The van der Waals surface area contributed by atoms with Gasteiger partial charge in [-0.25, -0.2) is 0 Å². The minimum absolute atomic E-state index is 0.268. The number of nitrogens with zero attached hydrogens (tertiary/aromatic N) is 1. The van der Waals surface area contributed by atoms with E-state index >= 15 is 0 Å². The van der Waals surface area contributed by atoms with Crippen molar-refractivity contribution in [3.05, 3.63) is 29.0 Å². The van der Waals surface area contributed by atoms with Crippen LogP contribution in [-0.4, -0.2) is 28.1 Å². The predicted octanol–water partition coefficient (Wildman–Crippen LogP) is 2.41. The number of hydrogen-bond acceptors (Lipinski definition) is 3. The van der Waals surface area contributed by atoms with Crippen LogP contribution in [0.3, 0.4) is 0 Å². The normalized spacial score (nSPS) is 27.0. The first-order valence-corrected chi connectivity index (χ1v) is 6.98. The summed E-state index contributed by atoms with van der Waals surface area (Å²) in [5, 5.41) is 13.5. The molecule has 1 heterocycles. The number of halogens is 1. The Morgan fingerprint density at radius 1 is 1.58 bits per heavy atom. The van der Waals surface area contributed by atoms with Crippen LogP contribution < -0.4 is 5.32 Å². The Morgan fingerprint density at radius 3 is 2.89 bits per heavy atom. The van der Waals surface area contributed by atoms with Crippen molar-refractivity contribution in [3.63, 3.8) is 0 Å². The zero-order chi connectivity index (χ0) is 13.9. The molecule has 0 radical (unpaired) electrons. The summed E-state index contributed by atoms with van der Waals surface area (Å²) < 4.78 is 0. The average molecular weight is 283 g/mol. The van der Waals surface area contributed by atoms with Crippen LogP contribution in [0.4, 0.5) is 0 Å². The molecule has 1 aliphatic carbocycles. The molecular formula is C14H19ClN2O2. The Bertz CT molecular complexity index is 457. The van der Waals surface area contributed by atoms with Crippen LogP contribution in [0.2, 0.25) is 5.02 Å². The van der Waals surface area contributed by atoms with Crippen LogP contribution in [-0.2, 0) is 0 Å². The van der Waals surface area contributed by atoms with Gasteiger partial charge in [-0.3, -0.25) is 9.78 Å². The van der Waals surface area contributed by atoms with Gasteiger partial charge in [0.05, 0.1) is 16.2 Å². The maximum absolute atomic E-state index is 12.0. The highest BCUT2D eigenvalue weighted by Gasteiger charge is 2.32. The van der Waals surface area contributed by atoms with Gasteiger partial charge in [0.2, 0.25) is 0 Å². The van der Waals surface area contributed by atoms with Crippen molar-refractivity contribution in [2.75, 3.05) is 6.54 Å². The second-order valence-corrected chi connectivity index (χ2v) is 5.85. The standard InChI is InChI=1S/C14H19ClN2O2/c1-10-2-5-14(19,6-3-10)9-17-13(18)11-8-16-7-4-12(11)15/h4,7-8,10,19H,2-3,5-6,9H2,1H3,(H,17,18). The molecule has 2 N–H and O–H groups in total. The number of aliphatic hydroxyl groups is 1. The Balaban J connectivity index is 1.92. The zero-order valence-electron chi connectivity index (χ0n) is 11.0. The summed E-state index contributed by atoms with van der Waals surface area (Å²) in [6.07, 6.45) is 6.43. The van der Waals surface area contributed by atoms with Gasteiger partial charge in [-0.1, -0.05) is 18.5 Å². The summed E-state index contributed by atoms with van der Waals surface area (Å²) in [6.45, 7) is 2.46. The summed E-state index contributed by atoms with van der Waals surface area (Å²) >= 11 is 5.93. The van der Waals surface area contributed by atoms with Gasteiger partial charge in [0.1, 0.15) is 0 Å². The third kappa shape index (κ3) is 3.67. The molecule has 0 unspecified atom stereocenters. The van der Waals surface area contributed by atoms with E-state index in [1.807, 2.05) is 0 Å². The van der Waals surface area contributed by atoms with E-state index in [2.05, 4.69) is 17.2 Å². The summed E-state index contributed by atoms with van der Waals surface area (Å²) in [5.74, 6) is 0.369. The predicted molar refractivity (Wildman–Crippen MR) is 74.2 cm³/mol. The van der Waals surface area contributed by atoms with Crippen LogP contribution in [0.25, 0.3) is 0 Å². The fraction of sp³-hybridized carbons (Fsp3) is 0.571. The Morgan fingerprint density at radius 2 is 2.26 bits per heavy atom. The molecule has 4 nitrogen and oxygen atoms in total. The van der Waals surface area contributed by atoms with Crippen LogP contribution in [0, 0.1) is 5.92 Å². The lowest BCUT2D eigenvalue weighted by molar-refractivity contribution is -0.00540. The second kappa shape index (κ2) is 5.88. The minimum Gasteiger partial charge on any atom is -0.388 e. The van der Waals surface area contributed by atoms with E-state index < -0.39 is 5.60 Å². The maximum atomic E-state index is 12.0. The Labute approximate surface area is 118 Å². The molecule has 1 fully saturated rings. The maximum Gasteiger partial charge on any atom is 0.254 e. The topological polar surface area (TPSA) is 62.2 Å². The Kier molecular flexibility index (Phi) is 4.42. The summed E-state index contributed by atoms with van der Waals surface area (Å²) in [6, 6.07) is 1.58. The first kappa shape index (κ1) is 14.3. The van der Waals surface area contributed by atoms with E-state index in [-0.39, 0.29) is 12.5 Å². The van der Waals surface area contributed by atoms with Crippen molar-refractivity contribution in [2.24, 2.45) is 5.92 Å². The highest BCUT2D eigenvalue weighted by atomic mass is 35.5. The lowest BCUT2D eigenvalue weighted by atomic mass is 9.79. The molecule has 0 atom stereocenters. The van der Waals surface area contributed by atoms with Crippen molar-refractivity contribution in [3.8, 4) is 0 Å². The molecule has 0 spiro atoms. The summed E-state index contributed by atoms with van der Waals surface area (Å²) in [5.41, 5.74) is -0.437.